The largest absolute Gasteiger partial charge is 0.290 e. The molecule has 1 amide bonds. The van der Waals surface area contributed by atoms with E-state index in [4.69, 9.17) is 0 Å². The number of hydrogen-bond donors (Lipinski definition) is 0. The molecule has 0 saturated carbocycles. The van der Waals surface area contributed by atoms with E-state index in [9.17, 15) is 17.6 Å². The highest BCUT2D eigenvalue weighted by Gasteiger charge is 2.37. The summed E-state index contributed by atoms with van der Waals surface area (Å²) in [6.45, 7) is 3.98. The van der Waals surface area contributed by atoms with Crippen LogP contribution in [0.3, 0.4) is 0 Å². The first-order chi connectivity index (χ1) is 9.89. The second-order valence-corrected chi connectivity index (χ2v) is 7.17. The molecule has 0 N–H and O–H groups in total. The van der Waals surface area contributed by atoms with E-state index in [0.29, 0.717) is 13.0 Å². The average molecular weight is 330 g/mol. The summed E-state index contributed by atoms with van der Waals surface area (Å²) < 4.78 is 41.0. The zero-order valence-corrected chi connectivity index (χ0v) is 13.2. The first-order valence-corrected chi connectivity index (χ1v) is 8.79. The third-order valence-corrected chi connectivity index (χ3v) is 5.76. The zero-order valence-electron chi connectivity index (χ0n) is 11.6. The van der Waals surface area contributed by atoms with Crippen LogP contribution in [0.25, 0.3) is 0 Å². The molecule has 0 bridgehead atoms. The molecule has 1 unspecified atom stereocenters. The van der Waals surface area contributed by atoms with E-state index in [-0.39, 0.29) is 21.2 Å². The first kappa shape index (κ1) is 16.0. The number of carbonyl (C=O) groups excluding carboxylic acids is 1. The van der Waals surface area contributed by atoms with Crippen molar-refractivity contribution in [1.29, 1.82) is 0 Å². The molecular formula is C13H15FN2O3S2. The minimum atomic E-state index is -3.95. The monoisotopic (exact) mass is 330 g/mol. The Balaban J connectivity index is 2.37. The van der Waals surface area contributed by atoms with Gasteiger partial charge in [-0.05, 0) is 37.6 Å². The van der Waals surface area contributed by atoms with Crippen LogP contribution in [-0.2, 0) is 14.8 Å². The minimum absolute atomic E-state index is 0.0968. The lowest BCUT2D eigenvalue weighted by atomic mass is 10.3. The Morgan fingerprint density at radius 3 is 2.43 bits per heavy atom. The lowest BCUT2D eigenvalue weighted by Crippen LogP contribution is -2.32. The Morgan fingerprint density at radius 2 is 1.90 bits per heavy atom. The molecule has 5 nitrogen and oxygen atoms in total. The van der Waals surface area contributed by atoms with Crippen molar-refractivity contribution < 1.29 is 17.6 Å². The lowest BCUT2D eigenvalue weighted by Gasteiger charge is -2.12. The van der Waals surface area contributed by atoms with Gasteiger partial charge in [0.05, 0.1) is 10.1 Å². The molecule has 1 aliphatic heterocycles. The summed E-state index contributed by atoms with van der Waals surface area (Å²) in [5.74, 6) is -0.647. The van der Waals surface area contributed by atoms with Crippen LogP contribution in [0.5, 0.6) is 0 Å². The van der Waals surface area contributed by atoms with Crippen LogP contribution in [0.2, 0.25) is 0 Å². The maximum Gasteiger partial charge on any atom is 0.284 e. The van der Waals surface area contributed by atoms with Crippen LogP contribution in [0.4, 0.5) is 4.39 Å². The van der Waals surface area contributed by atoms with Gasteiger partial charge in [0.2, 0.25) is 5.91 Å². The molecular weight excluding hydrogens is 315 g/mol. The molecule has 0 spiro atoms. The number of sulfonamides is 1. The highest BCUT2D eigenvalue weighted by Crippen LogP contribution is 2.30. The fourth-order valence-corrected chi connectivity index (χ4v) is 4.24. The van der Waals surface area contributed by atoms with Gasteiger partial charge in [-0.3, -0.25) is 9.69 Å². The van der Waals surface area contributed by atoms with Crippen LogP contribution in [0.15, 0.2) is 33.6 Å². The number of carbonyl (C=O) groups is 1. The Morgan fingerprint density at radius 1 is 1.29 bits per heavy atom. The zero-order chi connectivity index (χ0) is 15.6. The lowest BCUT2D eigenvalue weighted by molar-refractivity contribution is -0.126. The topological polar surface area (TPSA) is 66.8 Å². The Hall–Kier alpha value is -1.41. The van der Waals surface area contributed by atoms with Gasteiger partial charge in [-0.1, -0.05) is 18.7 Å². The molecule has 1 saturated heterocycles. The van der Waals surface area contributed by atoms with Crippen molar-refractivity contribution in [2.45, 2.75) is 30.4 Å². The number of halogens is 1. The fourth-order valence-electron chi connectivity index (χ4n) is 1.89. The van der Waals surface area contributed by atoms with E-state index in [1.165, 1.54) is 4.90 Å². The SMILES string of the molecule is CCC1SC(=NS(=O)(=O)c2ccc(F)cc2)N(CC)C1=O. The van der Waals surface area contributed by atoms with Crippen molar-refractivity contribution in [3.63, 3.8) is 0 Å². The average Bonchev–Trinajstić information content (AvgIpc) is 2.74. The van der Waals surface area contributed by atoms with Crippen LogP contribution in [0.1, 0.15) is 20.3 Å². The van der Waals surface area contributed by atoms with Crippen LogP contribution in [0, 0.1) is 5.82 Å². The molecule has 0 radical (unpaired) electrons. The molecule has 1 atom stereocenters. The van der Waals surface area contributed by atoms with E-state index in [1.807, 2.05) is 6.92 Å². The quantitative estimate of drug-likeness (QED) is 0.849. The Labute approximate surface area is 127 Å². The summed E-state index contributed by atoms with van der Waals surface area (Å²) in [7, 11) is -3.95. The number of rotatable bonds is 4. The molecule has 2 rings (SSSR count). The summed E-state index contributed by atoms with van der Waals surface area (Å²) in [5, 5.41) is -0.120. The molecule has 1 aliphatic rings. The number of amidine groups is 1. The number of amides is 1. The first-order valence-electron chi connectivity index (χ1n) is 6.47. The highest BCUT2D eigenvalue weighted by atomic mass is 32.2. The Bertz CT molecular complexity index is 671. The van der Waals surface area contributed by atoms with Crippen molar-refractivity contribution in [1.82, 2.24) is 4.90 Å². The molecule has 1 aromatic rings. The normalized spacial score (nSPS) is 21.3. The molecule has 1 fully saturated rings. The van der Waals surface area contributed by atoms with Gasteiger partial charge in [0.25, 0.3) is 10.0 Å². The van der Waals surface area contributed by atoms with Crippen LogP contribution < -0.4 is 0 Å². The summed E-state index contributed by atoms with van der Waals surface area (Å²) in [5.41, 5.74) is 0. The van der Waals surface area contributed by atoms with Gasteiger partial charge >= 0.3 is 0 Å². The maximum atomic E-state index is 12.9. The van der Waals surface area contributed by atoms with Crippen molar-refractivity contribution in [2.24, 2.45) is 4.40 Å². The second-order valence-electron chi connectivity index (χ2n) is 4.40. The minimum Gasteiger partial charge on any atom is -0.290 e. The van der Waals surface area contributed by atoms with E-state index in [1.54, 1.807) is 6.92 Å². The second kappa shape index (κ2) is 6.15. The van der Waals surface area contributed by atoms with E-state index in [2.05, 4.69) is 4.40 Å². The summed E-state index contributed by atoms with van der Waals surface area (Å²) in [6.07, 6.45) is 0.607. The number of thioether (sulfide) groups is 1. The predicted octanol–water partition coefficient (Wildman–Crippen LogP) is 2.24. The van der Waals surface area contributed by atoms with E-state index < -0.39 is 15.8 Å². The number of hydrogen-bond acceptors (Lipinski definition) is 4. The van der Waals surface area contributed by atoms with E-state index in [0.717, 1.165) is 36.0 Å². The van der Waals surface area contributed by atoms with Crippen molar-refractivity contribution in [2.75, 3.05) is 6.54 Å². The molecule has 8 heteroatoms. The third kappa shape index (κ3) is 3.26. The van der Waals surface area contributed by atoms with Crippen molar-refractivity contribution in [3.8, 4) is 0 Å². The van der Waals surface area contributed by atoms with Crippen molar-refractivity contribution >= 4 is 32.9 Å². The van der Waals surface area contributed by atoms with Crippen LogP contribution in [-0.4, -0.2) is 36.2 Å². The van der Waals surface area contributed by atoms with Crippen molar-refractivity contribution in [3.05, 3.63) is 30.1 Å². The summed E-state index contributed by atoms with van der Waals surface area (Å²) in [6, 6.07) is 4.44. The van der Waals surface area contributed by atoms with Crippen LogP contribution >= 0.6 is 11.8 Å². The van der Waals surface area contributed by atoms with Gasteiger partial charge in [0, 0.05) is 6.54 Å². The van der Waals surface area contributed by atoms with Gasteiger partial charge in [-0.25, -0.2) is 4.39 Å². The molecule has 114 valence electrons. The van der Waals surface area contributed by atoms with Gasteiger partial charge < -0.3 is 0 Å². The van der Waals surface area contributed by atoms with E-state index >= 15 is 0 Å². The third-order valence-electron chi connectivity index (χ3n) is 3.02. The number of benzene rings is 1. The fraction of sp³-hybridized carbons (Fsp3) is 0.385. The molecule has 21 heavy (non-hydrogen) atoms. The molecule has 1 aromatic carbocycles. The Kier molecular flexibility index (Phi) is 4.67. The maximum absolute atomic E-state index is 12.9. The van der Waals surface area contributed by atoms with Gasteiger partial charge in [0.15, 0.2) is 5.17 Å². The van der Waals surface area contributed by atoms with Gasteiger partial charge in [-0.2, -0.15) is 8.42 Å². The molecule has 0 aromatic heterocycles. The summed E-state index contributed by atoms with van der Waals surface area (Å²) in [4.78, 5) is 13.3. The standard InChI is InChI=1S/C13H15FN2O3S2/c1-3-11-12(17)16(4-2)13(20-11)15-21(18,19)10-7-5-9(14)6-8-10/h5-8,11H,3-4H2,1-2H3. The molecule has 1 heterocycles. The molecule has 0 aliphatic carbocycles. The predicted molar refractivity (Wildman–Crippen MR) is 80.1 cm³/mol. The number of nitrogens with zero attached hydrogens (tertiary/aromatic N) is 2. The van der Waals surface area contributed by atoms with Gasteiger partial charge in [-0.15, -0.1) is 4.40 Å². The van der Waals surface area contributed by atoms with Gasteiger partial charge in [0.1, 0.15) is 5.82 Å². The summed E-state index contributed by atoms with van der Waals surface area (Å²) >= 11 is 1.15. The highest BCUT2D eigenvalue weighted by molar-refractivity contribution is 8.16. The smallest absolute Gasteiger partial charge is 0.284 e.